The lowest BCUT2D eigenvalue weighted by molar-refractivity contribution is 0.160. The van der Waals surface area contributed by atoms with E-state index < -0.39 is 8.32 Å². The molecule has 3 nitrogen and oxygen atoms in total. The predicted octanol–water partition coefficient (Wildman–Crippen LogP) is 5.68. The maximum atomic E-state index is 6.59. The van der Waals surface area contributed by atoms with Crippen LogP contribution in [0.3, 0.4) is 0 Å². The van der Waals surface area contributed by atoms with Crippen molar-refractivity contribution < 1.29 is 9.16 Å². The lowest BCUT2D eigenvalue weighted by Gasteiger charge is -2.40. The molecule has 142 valence electrons. The molecule has 2 aromatic carbocycles. The minimum absolute atomic E-state index is 0.0692. The van der Waals surface area contributed by atoms with Crippen molar-refractivity contribution in [3.8, 4) is 5.75 Å². The van der Waals surface area contributed by atoms with Gasteiger partial charge in [0.2, 0.25) is 0 Å². The second-order valence-electron chi connectivity index (χ2n) is 8.50. The second-order valence-corrected chi connectivity index (χ2v) is 13.3. The van der Waals surface area contributed by atoms with Crippen LogP contribution in [0.1, 0.15) is 44.9 Å². The molecule has 0 aliphatic heterocycles. The van der Waals surface area contributed by atoms with Crippen LogP contribution in [0.2, 0.25) is 18.1 Å². The third kappa shape index (κ3) is 5.43. The van der Waals surface area contributed by atoms with E-state index in [1.165, 1.54) is 0 Å². The molecule has 0 heterocycles. The van der Waals surface area contributed by atoms with Gasteiger partial charge in [-0.2, -0.15) is 0 Å². The van der Waals surface area contributed by atoms with Gasteiger partial charge in [-0.3, -0.25) is 0 Å². The summed E-state index contributed by atoms with van der Waals surface area (Å²) in [4.78, 5) is 0. The number of nitrogens with two attached hydrogens (primary N) is 1. The first-order chi connectivity index (χ1) is 12.1. The Labute approximate surface area is 159 Å². The SMILES string of the molecule is CC(N)C(O[Si](C)(C)C(C)(C)C)c1ccc(OCc2ccccc2)cc1. The van der Waals surface area contributed by atoms with Crippen molar-refractivity contribution >= 4 is 8.32 Å². The number of hydrogen-bond donors (Lipinski definition) is 1. The second kappa shape index (κ2) is 8.38. The molecule has 0 amide bonds. The van der Waals surface area contributed by atoms with Crippen LogP contribution in [-0.2, 0) is 11.0 Å². The Balaban J connectivity index is 2.08. The van der Waals surface area contributed by atoms with Gasteiger partial charge in [-0.05, 0) is 48.3 Å². The van der Waals surface area contributed by atoms with E-state index in [1.807, 2.05) is 37.3 Å². The maximum Gasteiger partial charge on any atom is 0.192 e. The van der Waals surface area contributed by atoms with Crippen molar-refractivity contribution in [1.29, 1.82) is 0 Å². The fraction of sp³-hybridized carbons (Fsp3) is 0.455. The zero-order chi connectivity index (χ0) is 19.4. The van der Waals surface area contributed by atoms with Crippen LogP contribution < -0.4 is 10.5 Å². The molecule has 0 spiro atoms. The Morgan fingerprint density at radius 2 is 1.54 bits per heavy atom. The molecule has 0 saturated heterocycles. The van der Waals surface area contributed by atoms with Gasteiger partial charge in [0.25, 0.3) is 0 Å². The largest absolute Gasteiger partial charge is 0.489 e. The summed E-state index contributed by atoms with van der Waals surface area (Å²) < 4.78 is 12.5. The number of hydrogen-bond acceptors (Lipinski definition) is 3. The van der Waals surface area contributed by atoms with Gasteiger partial charge in [0.15, 0.2) is 8.32 Å². The van der Waals surface area contributed by atoms with E-state index in [0.717, 1.165) is 16.9 Å². The highest BCUT2D eigenvalue weighted by Crippen LogP contribution is 2.40. The fourth-order valence-electron chi connectivity index (χ4n) is 2.47. The Bertz CT molecular complexity index is 676. The Hall–Kier alpha value is -1.62. The number of rotatable bonds is 7. The average Bonchev–Trinajstić information content (AvgIpc) is 2.58. The first-order valence-corrected chi connectivity index (χ1v) is 12.2. The topological polar surface area (TPSA) is 44.5 Å². The van der Waals surface area contributed by atoms with Crippen LogP contribution in [0, 0.1) is 0 Å². The highest BCUT2D eigenvalue weighted by molar-refractivity contribution is 6.74. The molecule has 2 atom stereocenters. The quantitative estimate of drug-likeness (QED) is 0.637. The molecule has 0 bridgehead atoms. The molecule has 2 N–H and O–H groups in total. The molecule has 2 rings (SSSR count). The average molecular weight is 372 g/mol. The smallest absolute Gasteiger partial charge is 0.192 e. The summed E-state index contributed by atoms with van der Waals surface area (Å²) in [5, 5.41) is 0.152. The van der Waals surface area contributed by atoms with E-state index in [9.17, 15) is 0 Å². The third-order valence-electron chi connectivity index (χ3n) is 5.16. The molecule has 0 saturated carbocycles. The van der Waals surface area contributed by atoms with E-state index >= 15 is 0 Å². The zero-order valence-corrected chi connectivity index (χ0v) is 18.0. The molecular formula is C22H33NO2Si. The standard InChI is InChI=1S/C22H33NO2Si/c1-17(23)21(25-26(5,6)22(2,3)4)19-12-14-20(15-13-19)24-16-18-10-8-7-9-11-18/h7-15,17,21H,16,23H2,1-6H3. The molecule has 26 heavy (non-hydrogen) atoms. The van der Waals surface area contributed by atoms with Gasteiger partial charge >= 0.3 is 0 Å². The molecule has 0 radical (unpaired) electrons. The summed E-state index contributed by atoms with van der Waals surface area (Å²) in [6.07, 6.45) is -0.0981. The summed E-state index contributed by atoms with van der Waals surface area (Å²) in [6, 6.07) is 18.3. The van der Waals surface area contributed by atoms with E-state index in [0.29, 0.717) is 6.61 Å². The first kappa shape index (κ1) is 20.7. The third-order valence-corrected chi connectivity index (χ3v) is 9.62. The zero-order valence-electron chi connectivity index (χ0n) is 17.0. The summed E-state index contributed by atoms with van der Waals surface area (Å²) in [6.45, 7) is 13.8. The molecule has 0 fully saturated rings. The van der Waals surface area contributed by atoms with Crippen LogP contribution in [0.4, 0.5) is 0 Å². The van der Waals surface area contributed by atoms with Crippen molar-refractivity contribution in [2.24, 2.45) is 5.73 Å². The Morgan fingerprint density at radius 3 is 2.04 bits per heavy atom. The normalized spacial score (nSPS) is 14.7. The van der Waals surface area contributed by atoms with E-state index in [4.69, 9.17) is 14.9 Å². The van der Waals surface area contributed by atoms with Crippen LogP contribution in [-0.4, -0.2) is 14.4 Å². The van der Waals surface area contributed by atoms with Crippen molar-refractivity contribution in [3.63, 3.8) is 0 Å². The van der Waals surface area contributed by atoms with Crippen molar-refractivity contribution in [3.05, 3.63) is 65.7 Å². The van der Waals surface area contributed by atoms with Crippen molar-refractivity contribution in [1.82, 2.24) is 0 Å². The van der Waals surface area contributed by atoms with Crippen molar-refractivity contribution in [2.45, 2.75) is 64.6 Å². The summed E-state index contributed by atoms with van der Waals surface area (Å²) >= 11 is 0. The molecule has 0 aromatic heterocycles. The van der Waals surface area contributed by atoms with Gasteiger partial charge in [0.05, 0.1) is 6.10 Å². The van der Waals surface area contributed by atoms with Crippen LogP contribution in [0.5, 0.6) is 5.75 Å². The minimum Gasteiger partial charge on any atom is -0.489 e. The molecule has 0 aliphatic carbocycles. The fourth-order valence-corrected chi connectivity index (χ4v) is 3.81. The van der Waals surface area contributed by atoms with E-state index in [2.05, 4.69) is 58.1 Å². The Morgan fingerprint density at radius 1 is 0.962 bits per heavy atom. The maximum absolute atomic E-state index is 6.59. The highest BCUT2D eigenvalue weighted by Gasteiger charge is 2.40. The molecule has 4 heteroatoms. The van der Waals surface area contributed by atoms with E-state index in [-0.39, 0.29) is 17.2 Å². The van der Waals surface area contributed by atoms with Gasteiger partial charge in [0.1, 0.15) is 12.4 Å². The molecule has 2 aromatic rings. The monoisotopic (exact) mass is 371 g/mol. The first-order valence-electron chi connectivity index (χ1n) is 9.30. The van der Waals surface area contributed by atoms with Crippen LogP contribution >= 0.6 is 0 Å². The number of ether oxygens (including phenoxy) is 1. The minimum atomic E-state index is -1.90. The highest BCUT2D eigenvalue weighted by atomic mass is 28.4. The van der Waals surface area contributed by atoms with E-state index in [1.54, 1.807) is 0 Å². The lowest BCUT2D eigenvalue weighted by Crippen LogP contribution is -2.44. The summed E-state index contributed by atoms with van der Waals surface area (Å²) in [5.74, 6) is 0.855. The van der Waals surface area contributed by atoms with Crippen LogP contribution in [0.25, 0.3) is 0 Å². The van der Waals surface area contributed by atoms with Crippen molar-refractivity contribution in [2.75, 3.05) is 0 Å². The molecular weight excluding hydrogens is 338 g/mol. The van der Waals surface area contributed by atoms with Crippen LogP contribution in [0.15, 0.2) is 54.6 Å². The molecule has 2 unspecified atom stereocenters. The summed E-state index contributed by atoms with van der Waals surface area (Å²) in [5.41, 5.74) is 8.52. The van der Waals surface area contributed by atoms with Gasteiger partial charge in [-0.25, -0.2) is 0 Å². The Kier molecular flexibility index (Phi) is 6.67. The number of benzene rings is 2. The van der Waals surface area contributed by atoms with Gasteiger partial charge in [-0.1, -0.05) is 63.2 Å². The van der Waals surface area contributed by atoms with Gasteiger partial charge < -0.3 is 14.9 Å². The summed E-state index contributed by atoms with van der Waals surface area (Å²) in [7, 11) is -1.90. The lowest BCUT2D eigenvalue weighted by atomic mass is 10.0. The van der Waals surface area contributed by atoms with Gasteiger partial charge in [-0.15, -0.1) is 0 Å². The molecule has 0 aliphatic rings. The van der Waals surface area contributed by atoms with Gasteiger partial charge in [0, 0.05) is 6.04 Å². The predicted molar refractivity (Wildman–Crippen MR) is 112 cm³/mol.